The number of fused-ring (bicyclic) bond motifs is 1. The number of anilines is 4. The van der Waals surface area contributed by atoms with Gasteiger partial charge in [-0.25, -0.2) is 4.98 Å². The summed E-state index contributed by atoms with van der Waals surface area (Å²) < 4.78 is 16.1. The Morgan fingerprint density at radius 2 is 1.68 bits per heavy atom. The number of hydrogen-bond donors (Lipinski definition) is 2. The maximum atomic E-state index is 12.7. The number of amides is 1. The minimum absolute atomic E-state index is 0.194. The van der Waals surface area contributed by atoms with E-state index >= 15 is 0 Å². The fourth-order valence-corrected chi connectivity index (χ4v) is 3.54. The zero-order chi connectivity index (χ0) is 21.0. The monoisotopic (exact) mass is 418 g/mol. The summed E-state index contributed by atoms with van der Waals surface area (Å²) in [7, 11) is 0. The highest BCUT2D eigenvalue weighted by molar-refractivity contribution is 6.04. The Balaban J connectivity index is 1.25. The van der Waals surface area contributed by atoms with E-state index in [0.717, 1.165) is 32.0 Å². The summed E-state index contributed by atoms with van der Waals surface area (Å²) in [5, 5.41) is 6.13. The standard InChI is InChI=1S/C23H22N4O4/c28-23(26-18-3-6-20-21(14-18)31-15-30-20)16-7-8-24-22(13-16)25-17-1-4-19(5-2-17)27-9-11-29-12-10-27/h1-8,13-14H,9-12,15H2,(H,24,25)(H,26,28). The second-order valence-corrected chi connectivity index (χ2v) is 7.22. The number of rotatable bonds is 5. The molecule has 158 valence electrons. The Morgan fingerprint density at radius 1 is 0.903 bits per heavy atom. The molecule has 2 aliphatic heterocycles. The van der Waals surface area contributed by atoms with E-state index in [-0.39, 0.29) is 12.7 Å². The predicted molar refractivity (Wildman–Crippen MR) is 118 cm³/mol. The molecule has 1 fully saturated rings. The molecule has 1 aromatic heterocycles. The Hall–Kier alpha value is -3.78. The third-order valence-electron chi connectivity index (χ3n) is 5.17. The predicted octanol–water partition coefficient (Wildman–Crippen LogP) is 3.64. The van der Waals surface area contributed by atoms with Crippen LogP contribution in [-0.4, -0.2) is 44.0 Å². The van der Waals surface area contributed by atoms with E-state index in [0.29, 0.717) is 28.6 Å². The number of carbonyl (C=O) groups is 1. The van der Waals surface area contributed by atoms with Gasteiger partial charge in [-0.1, -0.05) is 0 Å². The van der Waals surface area contributed by atoms with Gasteiger partial charge < -0.3 is 29.7 Å². The Morgan fingerprint density at radius 3 is 2.52 bits per heavy atom. The summed E-state index contributed by atoms with van der Waals surface area (Å²) in [6.07, 6.45) is 1.61. The highest BCUT2D eigenvalue weighted by atomic mass is 16.7. The van der Waals surface area contributed by atoms with Gasteiger partial charge in [0.2, 0.25) is 6.79 Å². The van der Waals surface area contributed by atoms with E-state index in [1.807, 2.05) is 12.1 Å². The van der Waals surface area contributed by atoms with Crippen molar-refractivity contribution in [3.63, 3.8) is 0 Å². The molecule has 3 aromatic rings. The maximum Gasteiger partial charge on any atom is 0.255 e. The highest BCUT2D eigenvalue weighted by Gasteiger charge is 2.15. The molecule has 3 heterocycles. The van der Waals surface area contributed by atoms with Crippen molar-refractivity contribution >= 4 is 28.8 Å². The fraction of sp³-hybridized carbons (Fsp3) is 0.217. The van der Waals surface area contributed by atoms with Crippen molar-refractivity contribution in [2.45, 2.75) is 0 Å². The summed E-state index contributed by atoms with van der Waals surface area (Å²) >= 11 is 0. The first-order valence-corrected chi connectivity index (χ1v) is 10.1. The minimum atomic E-state index is -0.230. The van der Waals surface area contributed by atoms with Gasteiger partial charge >= 0.3 is 0 Å². The van der Waals surface area contributed by atoms with Crippen LogP contribution in [-0.2, 0) is 4.74 Å². The number of hydrogen-bond acceptors (Lipinski definition) is 7. The number of nitrogens with zero attached hydrogens (tertiary/aromatic N) is 2. The molecule has 0 bridgehead atoms. The molecule has 1 saturated heterocycles. The third-order valence-corrected chi connectivity index (χ3v) is 5.17. The van der Waals surface area contributed by atoms with E-state index in [9.17, 15) is 4.79 Å². The SMILES string of the molecule is O=C(Nc1ccc2c(c1)OCO2)c1ccnc(Nc2ccc(N3CCOCC3)cc2)c1. The topological polar surface area (TPSA) is 85.0 Å². The van der Waals surface area contributed by atoms with Crippen molar-refractivity contribution in [2.24, 2.45) is 0 Å². The molecule has 0 unspecified atom stereocenters. The van der Waals surface area contributed by atoms with Gasteiger partial charge in [-0.05, 0) is 48.5 Å². The van der Waals surface area contributed by atoms with Gasteiger partial charge in [0.15, 0.2) is 11.5 Å². The molecule has 5 rings (SSSR count). The van der Waals surface area contributed by atoms with Gasteiger partial charge in [0.1, 0.15) is 5.82 Å². The lowest BCUT2D eigenvalue weighted by Crippen LogP contribution is -2.36. The van der Waals surface area contributed by atoms with Crippen LogP contribution >= 0.6 is 0 Å². The van der Waals surface area contributed by atoms with Crippen molar-refractivity contribution in [1.82, 2.24) is 4.98 Å². The maximum absolute atomic E-state index is 12.7. The fourth-order valence-electron chi connectivity index (χ4n) is 3.54. The van der Waals surface area contributed by atoms with E-state index in [2.05, 4.69) is 32.7 Å². The van der Waals surface area contributed by atoms with E-state index in [1.165, 1.54) is 5.69 Å². The summed E-state index contributed by atoms with van der Waals surface area (Å²) in [4.78, 5) is 19.3. The number of carbonyl (C=O) groups excluding carboxylic acids is 1. The second kappa shape index (κ2) is 8.53. The molecule has 8 heteroatoms. The molecule has 0 radical (unpaired) electrons. The zero-order valence-electron chi connectivity index (χ0n) is 16.8. The number of morpholine rings is 1. The molecule has 0 saturated carbocycles. The second-order valence-electron chi connectivity index (χ2n) is 7.22. The van der Waals surface area contributed by atoms with Crippen molar-refractivity contribution < 1.29 is 19.0 Å². The van der Waals surface area contributed by atoms with Gasteiger partial charge in [-0.2, -0.15) is 0 Å². The van der Waals surface area contributed by atoms with Crippen LogP contribution in [0.2, 0.25) is 0 Å². The average molecular weight is 418 g/mol. The number of ether oxygens (including phenoxy) is 3. The third kappa shape index (κ3) is 4.39. The average Bonchev–Trinajstić information content (AvgIpc) is 3.28. The normalized spacial score (nSPS) is 14.9. The Labute approximate surface area is 179 Å². The van der Waals surface area contributed by atoms with Crippen molar-refractivity contribution in [2.75, 3.05) is 48.6 Å². The zero-order valence-corrected chi connectivity index (χ0v) is 16.8. The summed E-state index contributed by atoms with van der Waals surface area (Å²) in [5.74, 6) is 1.66. The number of pyridine rings is 1. The summed E-state index contributed by atoms with van der Waals surface area (Å²) in [6, 6.07) is 16.9. The lowest BCUT2D eigenvalue weighted by Gasteiger charge is -2.28. The van der Waals surface area contributed by atoms with Gasteiger partial charge in [0.25, 0.3) is 5.91 Å². The molecular weight excluding hydrogens is 396 g/mol. The molecular formula is C23H22N4O4. The van der Waals surface area contributed by atoms with Crippen LogP contribution in [0, 0.1) is 0 Å². The van der Waals surface area contributed by atoms with Crippen LogP contribution in [0.5, 0.6) is 11.5 Å². The first-order valence-electron chi connectivity index (χ1n) is 10.1. The van der Waals surface area contributed by atoms with Crippen LogP contribution in [0.4, 0.5) is 22.9 Å². The Kier molecular flexibility index (Phi) is 5.28. The highest BCUT2D eigenvalue weighted by Crippen LogP contribution is 2.34. The van der Waals surface area contributed by atoms with E-state index in [1.54, 1.807) is 36.5 Å². The van der Waals surface area contributed by atoms with Gasteiger partial charge in [-0.15, -0.1) is 0 Å². The lowest BCUT2D eigenvalue weighted by molar-refractivity contribution is 0.102. The molecule has 1 amide bonds. The van der Waals surface area contributed by atoms with Crippen LogP contribution in [0.25, 0.3) is 0 Å². The molecule has 2 aromatic carbocycles. The first kappa shape index (κ1) is 19.2. The molecule has 0 aliphatic carbocycles. The smallest absolute Gasteiger partial charge is 0.255 e. The van der Waals surface area contributed by atoms with Crippen LogP contribution in [0.3, 0.4) is 0 Å². The molecule has 8 nitrogen and oxygen atoms in total. The summed E-state index contributed by atoms with van der Waals surface area (Å²) in [5.41, 5.74) is 3.20. The molecule has 31 heavy (non-hydrogen) atoms. The Bertz CT molecular complexity index is 1080. The minimum Gasteiger partial charge on any atom is -0.454 e. The van der Waals surface area contributed by atoms with Gasteiger partial charge in [-0.3, -0.25) is 4.79 Å². The van der Waals surface area contributed by atoms with Gasteiger partial charge in [0, 0.05) is 48.0 Å². The molecule has 0 spiro atoms. The van der Waals surface area contributed by atoms with Crippen molar-refractivity contribution in [3.05, 3.63) is 66.4 Å². The summed E-state index contributed by atoms with van der Waals surface area (Å²) in [6.45, 7) is 3.50. The molecule has 2 aliphatic rings. The number of benzene rings is 2. The largest absolute Gasteiger partial charge is 0.454 e. The van der Waals surface area contributed by atoms with Crippen molar-refractivity contribution in [1.29, 1.82) is 0 Å². The van der Waals surface area contributed by atoms with Crippen LogP contribution < -0.4 is 25.0 Å². The molecule has 2 N–H and O–H groups in total. The van der Waals surface area contributed by atoms with Crippen molar-refractivity contribution in [3.8, 4) is 11.5 Å². The van der Waals surface area contributed by atoms with E-state index < -0.39 is 0 Å². The number of nitrogens with one attached hydrogen (secondary N) is 2. The lowest BCUT2D eigenvalue weighted by atomic mass is 10.2. The van der Waals surface area contributed by atoms with Crippen LogP contribution in [0.15, 0.2) is 60.8 Å². The quantitative estimate of drug-likeness (QED) is 0.654. The first-order chi connectivity index (χ1) is 15.2. The van der Waals surface area contributed by atoms with Crippen LogP contribution in [0.1, 0.15) is 10.4 Å². The molecule has 0 atom stereocenters. The van der Waals surface area contributed by atoms with E-state index in [4.69, 9.17) is 14.2 Å². The van der Waals surface area contributed by atoms with Gasteiger partial charge in [0.05, 0.1) is 13.2 Å². The number of aromatic nitrogens is 1.